The molecule has 0 aliphatic heterocycles. The largest absolute Gasteiger partial charge is 0.395 e. The van der Waals surface area contributed by atoms with Crippen LogP contribution in [0.5, 0.6) is 0 Å². The first kappa shape index (κ1) is 13.7. The summed E-state index contributed by atoms with van der Waals surface area (Å²) in [5.41, 5.74) is 1.29. The average molecular weight is 279 g/mol. The molecule has 1 saturated carbocycles. The van der Waals surface area contributed by atoms with Crippen LogP contribution in [0.4, 0.5) is 10.5 Å². The molecule has 1 aliphatic carbocycles. The van der Waals surface area contributed by atoms with Crippen LogP contribution in [-0.2, 0) is 0 Å². The van der Waals surface area contributed by atoms with Gasteiger partial charge in [0, 0.05) is 18.0 Å². The van der Waals surface area contributed by atoms with E-state index in [2.05, 4.69) is 22.5 Å². The van der Waals surface area contributed by atoms with Gasteiger partial charge in [-0.15, -0.1) is 0 Å². The first-order chi connectivity index (χ1) is 9.19. The third-order valence-corrected chi connectivity index (χ3v) is 2.93. The number of urea groups is 1. The Hall–Kier alpha value is -1.70. The van der Waals surface area contributed by atoms with Gasteiger partial charge in [-0.1, -0.05) is 23.4 Å². The number of carbonyl (C=O) groups excluding carboxylic acids is 1. The van der Waals surface area contributed by atoms with E-state index in [1.807, 2.05) is 0 Å². The molecule has 19 heavy (non-hydrogen) atoms. The number of nitrogens with one attached hydrogen (secondary N) is 2. The molecule has 0 saturated heterocycles. The van der Waals surface area contributed by atoms with Crippen molar-refractivity contribution < 1.29 is 9.90 Å². The van der Waals surface area contributed by atoms with Crippen molar-refractivity contribution in [2.45, 2.75) is 25.3 Å². The van der Waals surface area contributed by atoms with E-state index in [0.717, 1.165) is 18.4 Å². The summed E-state index contributed by atoms with van der Waals surface area (Å²) in [6.45, 7) is 0.0372. The number of hydrogen-bond acceptors (Lipinski definition) is 2. The van der Waals surface area contributed by atoms with E-state index in [0.29, 0.717) is 23.2 Å². The molecule has 0 aromatic heterocycles. The third kappa shape index (κ3) is 4.47. The normalized spacial score (nSPS) is 13.4. The zero-order valence-electron chi connectivity index (χ0n) is 10.4. The molecule has 0 heterocycles. The van der Waals surface area contributed by atoms with Crippen molar-refractivity contribution in [3.63, 3.8) is 0 Å². The average Bonchev–Trinajstić information content (AvgIpc) is 3.17. The molecule has 2 rings (SSSR count). The molecular weight excluding hydrogens is 264 g/mol. The van der Waals surface area contributed by atoms with Gasteiger partial charge in [-0.2, -0.15) is 0 Å². The number of amides is 2. The van der Waals surface area contributed by atoms with Crippen LogP contribution < -0.4 is 10.6 Å². The summed E-state index contributed by atoms with van der Waals surface area (Å²) in [6.07, 6.45) is 2.50. The molecule has 1 aliphatic rings. The fourth-order valence-corrected chi connectivity index (χ4v) is 1.66. The van der Waals surface area contributed by atoms with Gasteiger partial charge < -0.3 is 15.7 Å². The second-order valence-corrected chi connectivity index (χ2v) is 4.75. The second-order valence-electron chi connectivity index (χ2n) is 4.34. The van der Waals surface area contributed by atoms with Gasteiger partial charge in [0.2, 0.25) is 0 Å². The predicted octanol–water partition coefficient (Wildman–Crippen LogP) is 2.36. The lowest BCUT2D eigenvalue weighted by molar-refractivity contribution is 0.251. The summed E-state index contributed by atoms with van der Waals surface area (Å²) in [4.78, 5) is 11.6. The number of aliphatic hydroxyl groups is 1. The summed E-state index contributed by atoms with van der Waals surface area (Å²) in [6, 6.07) is 5.24. The lowest BCUT2D eigenvalue weighted by atomic mass is 10.2. The molecule has 0 radical (unpaired) electrons. The number of rotatable bonds is 3. The number of hydrogen-bond donors (Lipinski definition) is 3. The highest BCUT2D eigenvalue weighted by Gasteiger charge is 2.23. The lowest BCUT2D eigenvalue weighted by Crippen LogP contribution is -2.30. The molecule has 0 bridgehead atoms. The SMILES string of the molecule is O=C(Nc1cc(C#CCCO)ccc1Cl)NC1CC1. The van der Waals surface area contributed by atoms with Crippen molar-refractivity contribution in [2.24, 2.45) is 0 Å². The van der Waals surface area contributed by atoms with Crippen molar-refractivity contribution in [2.75, 3.05) is 11.9 Å². The Morgan fingerprint density at radius 3 is 2.95 bits per heavy atom. The van der Waals surface area contributed by atoms with Crippen LogP contribution in [0, 0.1) is 11.8 Å². The monoisotopic (exact) mass is 278 g/mol. The van der Waals surface area contributed by atoms with Gasteiger partial charge in [0.25, 0.3) is 0 Å². The maximum absolute atomic E-state index is 11.6. The van der Waals surface area contributed by atoms with E-state index in [1.165, 1.54) is 0 Å². The minimum Gasteiger partial charge on any atom is -0.395 e. The smallest absolute Gasteiger partial charge is 0.319 e. The molecule has 1 fully saturated rings. The van der Waals surface area contributed by atoms with Gasteiger partial charge in [-0.3, -0.25) is 0 Å². The Bertz CT molecular complexity index is 530. The molecule has 5 heteroatoms. The summed E-state index contributed by atoms with van der Waals surface area (Å²) >= 11 is 6.02. The van der Waals surface area contributed by atoms with E-state index in [9.17, 15) is 4.79 Å². The minimum absolute atomic E-state index is 0.0372. The fourth-order valence-electron chi connectivity index (χ4n) is 1.49. The van der Waals surface area contributed by atoms with Crippen LogP contribution in [0.3, 0.4) is 0 Å². The van der Waals surface area contributed by atoms with E-state index < -0.39 is 0 Å². The van der Waals surface area contributed by atoms with Crippen molar-refractivity contribution in [1.29, 1.82) is 0 Å². The van der Waals surface area contributed by atoms with Gasteiger partial charge in [0.15, 0.2) is 0 Å². The van der Waals surface area contributed by atoms with Crippen LogP contribution in [0.1, 0.15) is 24.8 Å². The molecule has 4 nitrogen and oxygen atoms in total. The number of carbonyl (C=O) groups is 1. The Morgan fingerprint density at radius 2 is 2.26 bits per heavy atom. The zero-order chi connectivity index (χ0) is 13.7. The molecule has 2 amide bonds. The van der Waals surface area contributed by atoms with E-state index in [1.54, 1.807) is 18.2 Å². The van der Waals surface area contributed by atoms with Gasteiger partial charge in [-0.05, 0) is 31.0 Å². The molecular formula is C14H15ClN2O2. The Labute approximate surface area is 117 Å². The van der Waals surface area contributed by atoms with Crippen molar-refractivity contribution in [3.05, 3.63) is 28.8 Å². The second kappa shape index (κ2) is 6.46. The molecule has 100 valence electrons. The first-order valence-electron chi connectivity index (χ1n) is 6.16. The van der Waals surface area contributed by atoms with Gasteiger partial charge in [0.1, 0.15) is 0 Å². The van der Waals surface area contributed by atoms with Crippen LogP contribution in [-0.4, -0.2) is 23.8 Å². The fraction of sp³-hybridized carbons (Fsp3) is 0.357. The lowest BCUT2D eigenvalue weighted by Gasteiger charge is -2.08. The van der Waals surface area contributed by atoms with E-state index in [4.69, 9.17) is 16.7 Å². The van der Waals surface area contributed by atoms with Crippen LogP contribution in [0.2, 0.25) is 5.02 Å². The molecule has 1 aromatic rings. The Balaban J connectivity index is 2.03. The van der Waals surface area contributed by atoms with Crippen LogP contribution in [0.15, 0.2) is 18.2 Å². The Kier molecular flexibility index (Phi) is 4.67. The maximum Gasteiger partial charge on any atom is 0.319 e. The Morgan fingerprint density at radius 1 is 1.47 bits per heavy atom. The molecule has 1 aromatic carbocycles. The zero-order valence-corrected chi connectivity index (χ0v) is 11.1. The third-order valence-electron chi connectivity index (χ3n) is 2.60. The quantitative estimate of drug-likeness (QED) is 0.743. The number of halogens is 1. The highest BCUT2D eigenvalue weighted by Crippen LogP contribution is 2.23. The van der Waals surface area contributed by atoms with Crippen molar-refractivity contribution in [3.8, 4) is 11.8 Å². The minimum atomic E-state index is -0.245. The molecule has 0 unspecified atom stereocenters. The topological polar surface area (TPSA) is 61.4 Å². The summed E-state index contributed by atoms with van der Waals surface area (Å²) in [5.74, 6) is 5.72. The molecule has 0 spiro atoms. The summed E-state index contributed by atoms with van der Waals surface area (Å²) in [5, 5.41) is 14.7. The van der Waals surface area contributed by atoms with Gasteiger partial charge >= 0.3 is 6.03 Å². The first-order valence-corrected chi connectivity index (χ1v) is 6.53. The van der Waals surface area contributed by atoms with Gasteiger partial charge in [-0.25, -0.2) is 4.79 Å². The predicted molar refractivity (Wildman–Crippen MR) is 75.2 cm³/mol. The highest BCUT2D eigenvalue weighted by atomic mass is 35.5. The number of anilines is 1. The highest BCUT2D eigenvalue weighted by molar-refractivity contribution is 6.33. The summed E-state index contributed by atoms with van der Waals surface area (Å²) in [7, 11) is 0. The van der Waals surface area contributed by atoms with Crippen molar-refractivity contribution in [1.82, 2.24) is 5.32 Å². The van der Waals surface area contributed by atoms with Crippen molar-refractivity contribution >= 4 is 23.3 Å². The number of benzene rings is 1. The van der Waals surface area contributed by atoms with Crippen LogP contribution in [0.25, 0.3) is 0 Å². The molecule has 0 atom stereocenters. The van der Waals surface area contributed by atoms with E-state index >= 15 is 0 Å². The van der Waals surface area contributed by atoms with E-state index in [-0.39, 0.29) is 12.6 Å². The van der Waals surface area contributed by atoms with Crippen LogP contribution >= 0.6 is 11.6 Å². The summed E-state index contributed by atoms with van der Waals surface area (Å²) < 4.78 is 0. The number of aliphatic hydroxyl groups excluding tert-OH is 1. The molecule has 3 N–H and O–H groups in total. The standard InChI is InChI=1S/C14H15ClN2O2/c15-12-7-4-10(3-1-2-8-18)9-13(12)17-14(19)16-11-5-6-11/h4,7,9,11,18H,2,5-6,8H2,(H2,16,17,19). The van der Waals surface area contributed by atoms with Gasteiger partial charge in [0.05, 0.1) is 17.3 Å². The maximum atomic E-state index is 11.6.